The molecule has 8 heteroatoms. The van der Waals surface area contributed by atoms with Crippen molar-refractivity contribution in [2.24, 2.45) is 10.6 Å². The van der Waals surface area contributed by atoms with E-state index in [2.05, 4.69) is 0 Å². The Balaban J connectivity index is 1.84. The maximum atomic E-state index is 14.0. The van der Waals surface area contributed by atoms with Crippen molar-refractivity contribution >= 4 is 15.9 Å². The van der Waals surface area contributed by atoms with E-state index in [4.69, 9.17) is 9.88 Å². The van der Waals surface area contributed by atoms with E-state index in [1.165, 1.54) is 6.07 Å². The Labute approximate surface area is 140 Å². The molecule has 1 atom stereocenters. The zero-order valence-corrected chi connectivity index (χ0v) is 14.3. The largest absolute Gasteiger partial charge is 0.381 e. The SMILES string of the molecule is CC1N(C(=O)c2ccc(S(N)(=O)=O)c(F)c2)CCC12CCOCC2. The Morgan fingerprint density at radius 2 is 2.00 bits per heavy atom. The quantitative estimate of drug-likeness (QED) is 0.870. The molecule has 1 unspecified atom stereocenters. The number of sulfonamides is 1. The van der Waals surface area contributed by atoms with Crippen molar-refractivity contribution in [2.75, 3.05) is 19.8 Å². The molecule has 2 aliphatic rings. The smallest absolute Gasteiger partial charge is 0.254 e. The molecule has 24 heavy (non-hydrogen) atoms. The number of rotatable bonds is 2. The molecule has 0 saturated carbocycles. The lowest BCUT2D eigenvalue weighted by Crippen LogP contribution is -2.43. The summed E-state index contributed by atoms with van der Waals surface area (Å²) < 4.78 is 42.0. The molecular formula is C16H21FN2O4S. The van der Waals surface area contributed by atoms with E-state index in [0.717, 1.165) is 31.4 Å². The minimum atomic E-state index is -4.14. The minimum absolute atomic E-state index is 0.0369. The second kappa shape index (κ2) is 6.09. The first-order chi connectivity index (χ1) is 11.2. The molecule has 2 saturated heterocycles. The van der Waals surface area contributed by atoms with Gasteiger partial charge in [-0.05, 0) is 49.8 Å². The van der Waals surface area contributed by atoms with Gasteiger partial charge in [-0.2, -0.15) is 0 Å². The normalized spacial score (nSPS) is 23.6. The molecule has 3 rings (SSSR count). The summed E-state index contributed by atoms with van der Waals surface area (Å²) in [5, 5.41) is 4.95. The van der Waals surface area contributed by atoms with Gasteiger partial charge in [0.05, 0.1) is 0 Å². The van der Waals surface area contributed by atoms with Gasteiger partial charge in [-0.3, -0.25) is 4.79 Å². The Hall–Kier alpha value is -1.51. The van der Waals surface area contributed by atoms with E-state index in [-0.39, 0.29) is 22.9 Å². The summed E-state index contributed by atoms with van der Waals surface area (Å²) >= 11 is 0. The van der Waals surface area contributed by atoms with Crippen LogP contribution in [0.5, 0.6) is 0 Å². The van der Waals surface area contributed by atoms with Crippen molar-refractivity contribution in [1.82, 2.24) is 4.90 Å². The van der Waals surface area contributed by atoms with Crippen LogP contribution in [0.25, 0.3) is 0 Å². The number of carbonyl (C=O) groups is 1. The highest BCUT2D eigenvalue weighted by Gasteiger charge is 2.47. The standard InChI is InChI=1S/C16H21FN2O4S/c1-11-16(5-8-23-9-6-16)4-7-19(11)15(20)12-2-3-14(13(17)10-12)24(18,21)22/h2-3,10-11H,4-9H2,1H3,(H2,18,21,22). The Morgan fingerprint density at radius 3 is 2.58 bits per heavy atom. The lowest BCUT2D eigenvalue weighted by atomic mass is 9.74. The molecule has 0 aliphatic carbocycles. The Bertz CT molecular complexity index is 759. The van der Waals surface area contributed by atoms with Crippen LogP contribution in [0.3, 0.4) is 0 Å². The number of ether oxygens (including phenoxy) is 1. The fourth-order valence-corrected chi connectivity index (χ4v) is 4.42. The molecule has 6 nitrogen and oxygen atoms in total. The first-order valence-electron chi connectivity index (χ1n) is 7.96. The fraction of sp³-hybridized carbons (Fsp3) is 0.562. The summed E-state index contributed by atoms with van der Waals surface area (Å²) in [5.41, 5.74) is 0.198. The third-order valence-corrected chi connectivity index (χ3v) is 6.38. The van der Waals surface area contributed by atoms with Gasteiger partial charge in [-0.1, -0.05) is 0 Å². The third kappa shape index (κ3) is 2.94. The highest BCUT2D eigenvalue weighted by Crippen LogP contribution is 2.45. The molecule has 2 aliphatic heterocycles. The molecule has 0 aromatic heterocycles. The number of hydrogen-bond donors (Lipinski definition) is 1. The number of benzene rings is 1. The van der Waals surface area contributed by atoms with Gasteiger partial charge in [-0.15, -0.1) is 0 Å². The van der Waals surface area contributed by atoms with E-state index in [9.17, 15) is 17.6 Å². The van der Waals surface area contributed by atoms with Crippen molar-refractivity contribution in [3.63, 3.8) is 0 Å². The number of carbonyl (C=O) groups excluding carboxylic acids is 1. The summed E-state index contributed by atoms with van der Waals surface area (Å²) in [5.74, 6) is -1.29. The average molecular weight is 356 g/mol. The molecule has 0 bridgehead atoms. The fourth-order valence-electron chi connectivity index (χ4n) is 3.83. The monoisotopic (exact) mass is 356 g/mol. The number of primary sulfonamides is 1. The number of nitrogens with two attached hydrogens (primary N) is 1. The van der Waals surface area contributed by atoms with E-state index in [1.54, 1.807) is 4.90 Å². The van der Waals surface area contributed by atoms with Crippen LogP contribution in [0.1, 0.15) is 36.5 Å². The number of halogens is 1. The highest BCUT2D eigenvalue weighted by atomic mass is 32.2. The zero-order valence-electron chi connectivity index (χ0n) is 13.5. The van der Waals surface area contributed by atoms with E-state index in [0.29, 0.717) is 19.8 Å². The summed E-state index contributed by atoms with van der Waals surface area (Å²) in [6.07, 6.45) is 2.73. The second-order valence-electron chi connectivity index (χ2n) is 6.59. The van der Waals surface area contributed by atoms with Crippen LogP contribution in [-0.4, -0.2) is 45.0 Å². The maximum absolute atomic E-state index is 14.0. The van der Waals surface area contributed by atoms with Crippen molar-refractivity contribution in [2.45, 2.75) is 37.1 Å². The number of nitrogens with zero attached hydrogens (tertiary/aromatic N) is 1. The van der Waals surface area contributed by atoms with Crippen molar-refractivity contribution in [3.05, 3.63) is 29.6 Å². The number of amides is 1. The minimum Gasteiger partial charge on any atom is -0.381 e. The Kier molecular flexibility index (Phi) is 4.39. The van der Waals surface area contributed by atoms with Crippen LogP contribution in [0.4, 0.5) is 4.39 Å². The van der Waals surface area contributed by atoms with Gasteiger partial charge >= 0.3 is 0 Å². The van der Waals surface area contributed by atoms with Gasteiger partial charge in [-0.25, -0.2) is 17.9 Å². The van der Waals surface area contributed by atoms with E-state index in [1.807, 2.05) is 6.92 Å². The third-order valence-electron chi connectivity index (χ3n) is 5.44. The number of likely N-dealkylation sites (tertiary alicyclic amines) is 1. The van der Waals surface area contributed by atoms with Gasteiger partial charge in [0.15, 0.2) is 0 Å². The first-order valence-corrected chi connectivity index (χ1v) is 9.50. The molecule has 1 amide bonds. The van der Waals surface area contributed by atoms with Crippen molar-refractivity contribution < 1.29 is 22.3 Å². The van der Waals surface area contributed by atoms with Crippen LogP contribution in [0.15, 0.2) is 23.1 Å². The molecule has 2 heterocycles. The van der Waals surface area contributed by atoms with Gasteiger partial charge < -0.3 is 9.64 Å². The number of hydrogen-bond acceptors (Lipinski definition) is 4. The highest BCUT2D eigenvalue weighted by molar-refractivity contribution is 7.89. The van der Waals surface area contributed by atoms with Crippen LogP contribution >= 0.6 is 0 Å². The predicted molar refractivity (Wildman–Crippen MR) is 85.4 cm³/mol. The molecule has 132 valence electrons. The molecule has 1 aromatic carbocycles. The molecule has 1 spiro atoms. The summed E-state index contributed by atoms with van der Waals surface area (Å²) in [6, 6.07) is 3.34. The van der Waals surface area contributed by atoms with Crippen molar-refractivity contribution in [1.29, 1.82) is 0 Å². The molecule has 1 aromatic rings. The first kappa shape index (κ1) is 17.3. The van der Waals surface area contributed by atoms with E-state index >= 15 is 0 Å². The predicted octanol–water partition coefficient (Wildman–Crippen LogP) is 1.50. The molecular weight excluding hydrogens is 335 g/mol. The zero-order chi connectivity index (χ0) is 17.5. The topological polar surface area (TPSA) is 89.7 Å². The Morgan fingerprint density at radius 1 is 1.33 bits per heavy atom. The van der Waals surface area contributed by atoms with Gasteiger partial charge in [0, 0.05) is 31.4 Å². The van der Waals surface area contributed by atoms with Crippen LogP contribution in [-0.2, 0) is 14.8 Å². The van der Waals surface area contributed by atoms with Gasteiger partial charge in [0.2, 0.25) is 10.0 Å². The van der Waals surface area contributed by atoms with Crippen LogP contribution < -0.4 is 5.14 Å². The maximum Gasteiger partial charge on any atom is 0.254 e. The molecule has 2 N–H and O–H groups in total. The second-order valence-corrected chi connectivity index (χ2v) is 8.12. The van der Waals surface area contributed by atoms with Gasteiger partial charge in [0.1, 0.15) is 10.7 Å². The van der Waals surface area contributed by atoms with Crippen molar-refractivity contribution in [3.8, 4) is 0 Å². The average Bonchev–Trinajstić information content (AvgIpc) is 2.83. The van der Waals surface area contributed by atoms with Crippen LogP contribution in [0.2, 0.25) is 0 Å². The molecule has 0 radical (unpaired) electrons. The lowest BCUT2D eigenvalue weighted by Gasteiger charge is -2.38. The summed E-state index contributed by atoms with van der Waals surface area (Å²) in [4.78, 5) is 13.9. The summed E-state index contributed by atoms with van der Waals surface area (Å²) in [6.45, 7) is 4.03. The van der Waals surface area contributed by atoms with Gasteiger partial charge in [0.25, 0.3) is 5.91 Å². The lowest BCUT2D eigenvalue weighted by molar-refractivity contribution is 0.000168. The molecule has 2 fully saturated rings. The summed E-state index contributed by atoms with van der Waals surface area (Å²) in [7, 11) is -4.14. The van der Waals surface area contributed by atoms with Crippen LogP contribution in [0, 0.1) is 11.2 Å². The van der Waals surface area contributed by atoms with E-state index < -0.39 is 20.7 Å².